The van der Waals surface area contributed by atoms with Gasteiger partial charge in [-0.05, 0) is 42.4 Å². The van der Waals surface area contributed by atoms with E-state index in [-0.39, 0.29) is 24.1 Å². The predicted molar refractivity (Wildman–Crippen MR) is 81.0 cm³/mol. The lowest BCUT2D eigenvalue weighted by atomic mass is 10.0. The molecule has 1 aromatic carbocycles. The number of nitrogens with zero attached hydrogens (tertiary/aromatic N) is 1. The number of fused-ring (bicyclic) bond motifs is 1. The van der Waals surface area contributed by atoms with Gasteiger partial charge in [0, 0.05) is 13.0 Å². The molecule has 6 nitrogen and oxygen atoms in total. The molecule has 2 heterocycles. The number of carbonyl (C=O) groups excluding carboxylic acids is 3. The number of imide groups is 1. The molecule has 0 aromatic heterocycles. The Balaban J connectivity index is 1.67. The van der Waals surface area contributed by atoms with Gasteiger partial charge in [-0.15, -0.1) is 0 Å². The van der Waals surface area contributed by atoms with E-state index < -0.39 is 6.04 Å². The van der Waals surface area contributed by atoms with E-state index in [0.29, 0.717) is 30.2 Å². The number of benzene rings is 1. The Labute approximate surface area is 133 Å². The maximum Gasteiger partial charge on any atom is 0.258 e. The third-order valence-corrected chi connectivity index (χ3v) is 4.88. The second-order valence-corrected chi connectivity index (χ2v) is 6.43. The second-order valence-electron chi connectivity index (χ2n) is 6.43. The molecule has 3 aliphatic rings. The first-order chi connectivity index (χ1) is 11.1. The molecular weight excluding hydrogens is 296 g/mol. The van der Waals surface area contributed by atoms with Crippen LogP contribution < -0.4 is 10.1 Å². The monoisotopic (exact) mass is 314 g/mol. The predicted octanol–water partition coefficient (Wildman–Crippen LogP) is 1.33. The molecule has 1 aromatic rings. The Morgan fingerprint density at radius 3 is 2.61 bits per heavy atom. The zero-order valence-corrected chi connectivity index (χ0v) is 12.9. The molecule has 1 aliphatic carbocycles. The van der Waals surface area contributed by atoms with Crippen molar-refractivity contribution in [3.05, 3.63) is 28.8 Å². The maximum atomic E-state index is 12.8. The fourth-order valence-electron chi connectivity index (χ4n) is 3.51. The van der Waals surface area contributed by atoms with Gasteiger partial charge in [0.2, 0.25) is 11.8 Å². The van der Waals surface area contributed by atoms with Gasteiger partial charge < -0.3 is 9.64 Å². The van der Waals surface area contributed by atoms with E-state index in [9.17, 15) is 14.4 Å². The van der Waals surface area contributed by atoms with Crippen molar-refractivity contribution in [3.8, 4) is 5.75 Å². The summed E-state index contributed by atoms with van der Waals surface area (Å²) in [6.45, 7) is 0.400. The zero-order chi connectivity index (χ0) is 16.1. The van der Waals surface area contributed by atoms with Crippen molar-refractivity contribution in [2.24, 2.45) is 0 Å². The Bertz CT molecular complexity index is 724. The van der Waals surface area contributed by atoms with Crippen LogP contribution in [0.2, 0.25) is 0 Å². The van der Waals surface area contributed by atoms with Crippen LogP contribution in [0.1, 0.15) is 53.1 Å². The van der Waals surface area contributed by atoms with Crippen molar-refractivity contribution in [2.75, 3.05) is 7.11 Å². The van der Waals surface area contributed by atoms with Crippen LogP contribution in [0.3, 0.4) is 0 Å². The molecule has 0 bridgehead atoms. The fourth-order valence-corrected chi connectivity index (χ4v) is 3.51. The molecule has 6 heteroatoms. The number of rotatable bonds is 3. The molecule has 4 rings (SSSR count). The summed E-state index contributed by atoms with van der Waals surface area (Å²) in [4.78, 5) is 37.7. The van der Waals surface area contributed by atoms with Crippen LogP contribution >= 0.6 is 0 Å². The Morgan fingerprint density at radius 2 is 1.96 bits per heavy atom. The van der Waals surface area contributed by atoms with Crippen molar-refractivity contribution in [1.82, 2.24) is 10.2 Å². The lowest BCUT2D eigenvalue weighted by molar-refractivity contribution is -0.136. The molecule has 2 fully saturated rings. The first-order valence-electron chi connectivity index (χ1n) is 7.94. The third-order valence-electron chi connectivity index (χ3n) is 4.88. The van der Waals surface area contributed by atoms with Crippen LogP contribution in [0.25, 0.3) is 0 Å². The molecule has 1 saturated heterocycles. The van der Waals surface area contributed by atoms with Gasteiger partial charge in [0.1, 0.15) is 11.8 Å². The van der Waals surface area contributed by atoms with E-state index >= 15 is 0 Å². The van der Waals surface area contributed by atoms with Crippen molar-refractivity contribution >= 4 is 17.7 Å². The standard InChI is InChI=1S/C17H18N2O4/c1-23-13-7-10(9-2-3-9)6-11-8-19(17(22)15(11)13)12-4-5-14(20)18-16(12)21/h6-7,9,12H,2-5,8H2,1H3,(H,18,20,21). The lowest BCUT2D eigenvalue weighted by Gasteiger charge is -2.29. The number of hydrogen-bond acceptors (Lipinski definition) is 4. The zero-order valence-electron chi connectivity index (χ0n) is 12.9. The van der Waals surface area contributed by atoms with Crippen LogP contribution in [-0.2, 0) is 16.1 Å². The van der Waals surface area contributed by atoms with E-state index in [1.54, 1.807) is 12.0 Å². The van der Waals surface area contributed by atoms with E-state index in [1.165, 1.54) is 18.4 Å². The second kappa shape index (κ2) is 5.08. The average molecular weight is 314 g/mol. The van der Waals surface area contributed by atoms with Crippen molar-refractivity contribution in [1.29, 1.82) is 0 Å². The van der Waals surface area contributed by atoms with E-state index in [0.717, 1.165) is 5.56 Å². The lowest BCUT2D eigenvalue weighted by Crippen LogP contribution is -2.52. The number of hydrogen-bond donors (Lipinski definition) is 1. The number of ether oxygens (including phenoxy) is 1. The molecule has 0 radical (unpaired) electrons. The van der Waals surface area contributed by atoms with Gasteiger partial charge >= 0.3 is 0 Å². The van der Waals surface area contributed by atoms with Crippen molar-refractivity contribution < 1.29 is 19.1 Å². The molecule has 1 N–H and O–H groups in total. The van der Waals surface area contributed by atoms with Crippen molar-refractivity contribution in [2.45, 2.75) is 44.2 Å². The Hall–Kier alpha value is -2.37. The summed E-state index contributed by atoms with van der Waals surface area (Å²) >= 11 is 0. The van der Waals surface area contributed by atoms with Crippen LogP contribution in [0.5, 0.6) is 5.75 Å². The Kier molecular flexibility index (Phi) is 3.14. The first-order valence-corrected chi connectivity index (χ1v) is 7.94. The summed E-state index contributed by atoms with van der Waals surface area (Å²) in [5.41, 5.74) is 2.68. The minimum atomic E-state index is -0.582. The summed E-state index contributed by atoms with van der Waals surface area (Å²) in [5.74, 6) is 0.305. The van der Waals surface area contributed by atoms with Crippen LogP contribution in [0.15, 0.2) is 12.1 Å². The molecular formula is C17H18N2O4. The Morgan fingerprint density at radius 1 is 1.17 bits per heavy atom. The highest BCUT2D eigenvalue weighted by Gasteiger charge is 2.41. The van der Waals surface area contributed by atoms with Crippen LogP contribution in [0, 0.1) is 0 Å². The van der Waals surface area contributed by atoms with Gasteiger partial charge in [0.25, 0.3) is 5.91 Å². The maximum absolute atomic E-state index is 12.8. The van der Waals surface area contributed by atoms with Gasteiger partial charge in [-0.2, -0.15) is 0 Å². The number of carbonyl (C=O) groups is 3. The summed E-state index contributed by atoms with van der Waals surface area (Å²) in [6, 6.07) is 3.43. The quantitative estimate of drug-likeness (QED) is 0.854. The minimum absolute atomic E-state index is 0.186. The highest BCUT2D eigenvalue weighted by molar-refractivity contribution is 6.06. The normalized spacial score (nSPS) is 23.8. The third kappa shape index (κ3) is 2.29. The smallest absolute Gasteiger partial charge is 0.258 e. The molecule has 120 valence electrons. The van der Waals surface area contributed by atoms with Crippen LogP contribution in [-0.4, -0.2) is 35.8 Å². The highest BCUT2D eigenvalue weighted by atomic mass is 16.5. The van der Waals surface area contributed by atoms with Gasteiger partial charge in [-0.25, -0.2) is 0 Å². The molecule has 1 atom stereocenters. The summed E-state index contributed by atoms with van der Waals surface area (Å²) < 4.78 is 5.42. The molecule has 23 heavy (non-hydrogen) atoms. The molecule has 3 amide bonds. The molecule has 2 aliphatic heterocycles. The fraction of sp³-hybridized carbons (Fsp3) is 0.471. The summed E-state index contributed by atoms with van der Waals surface area (Å²) in [7, 11) is 1.56. The van der Waals surface area contributed by atoms with E-state index in [4.69, 9.17) is 4.74 Å². The topological polar surface area (TPSA) is 75.7 Å². The number of amides is 3. The summed E-state index contributed by atoms with van der Waals surface area (Å²) in [6.07, 6.45) is 2.99. The molecule has 1 unspecified atom stereocenters. The highest BCUT2D eigenvalue weighted by Crippen LogP contribution is 2.44. The van der Waals surface area contributed by atoms with Gasteiger partial charge in [0.15, 0.2) is 0 Å². The molecule has 0 spiro atoms. The van der Waals surface area contributed by atoms with Gasteiger partial charge in [-0.1, -0.05) is 6.07 Å². The van der Waals surface area contributed by atoms with E-state index in [2.05, 4.69) is 11.4 Å². The number of methoxy groups -OCH3 is 1. The summed E-state index contributed by atoms with van der Waals surface area (Å²) in [5, 5.41) is 2.32. The molecule has 1 saturated carbocycles. The largest absolute Gasteiger partial charge is 0.496 e. The number of piperidine rings is 1. The van der Waals surface area contributed by atoms with E-state index in [1.807, 2.05) is 6.07 Å². The van der Waals surface area contributed by atoms with Crippen LogP contribution in [0.4, 0.5) is 0 Å². The van der Waals surface area contributed by atoms with Crippen molar-refractivity contribution in [3.63, 3.8) is 0 Å². The van der Waals surface area contributed by atoms with Gasteiger partial charge in [-0.3, -0.25) is 19.7 Å². The SMILES string of the molecule is COc1cc(C2CC2)cc2c1C(=O)N(C1CCC(=O)NC1=O)C2. The van der Waals surface area contributed by atoms with Gasteiger partial charge in [0.05, 0.1) is 12.7 Å². The average Bonchev–Trinajstić information content (AvgIpc) is 3.32. The number of nitrogens with one attached hydrogen (secondary N) is 1. The minimum Gasteiger partial charge on any atom is -0.496 e. The first kappa shape index (κ1) is 14.2.